The molecule has 20 heavy (non-hydrogen) atoms. The zero-order valence-electron chi connectivity index (χ0n) is 10.2. The Balaban J connectivity index is 2.27. The molecule has 6 heteroatoms. The maximum atomic E-state index is 11.6. The van der Waals surface area contributed by atoms with Gasteiger partial charge in [-0.05, 0) is 24.3 Å². The summed E-state index contributed by atoms with van der Waals surface area (Å²) < 4.78 is 0. The quantitative estimate of drug-likeness (QED) is 0.757. The van der Waals surface area contributed by atoms with Gasteiger partial charge in [0.25, 0.3) is 0 Å². The first-order chi connectivity index (χ1) is 9.65. The summed E-state index contributed by atoms with van der Waals surface area (Å²) in [6.45, 7) is 0. The molecule has 0 radical (unpaired) electrons. The number of aromatic amines is 2. The van der Waals surface area contributed by atoms with Crippen LogP contribution in [0.2, 0.25) is 10.0 Å². The molecule has 0 fully saturated rings. The minimum atomic E-state index is -0.207. The maximum absolute atomic E-state index is 11.6. The van der Waals surface area contributed by atoms with Crippen LogP contribution in [0.3, 0.4) is 0 Å². The van der Waals surface area contributed by atoms with Crippen LogP contribution < -0.4 is 5.56 Å². The van der Waals surface area contributed by atoms with Crippen molar-refractivity contribution in [3.63, 3.8) is 0 Å². The number of halogens is 2. The van der Waals surface area contributed by atoms with E-state index in [9.17, 15) is 4.79 Å². The summed E-state index contributed by atoms with van der Waals surface area (Å²) in [6.07, 6.45) is 3.36. The molecule has 3 aromatic rings. The first-order valence-electron chi connectivity index (χ1n) is 5.83. The lowest BCUT2D eigenvalue weighted by molar-refractivity contribution is 1.21. The van der Waals surface area contributed by atoms with Gasteiger partial charge in [-0.25, -0.2) is 4.98 Å². The standard InChI is InChI=1S/C14H9Cl2N3O/c15-8-1-2-9(11(16)7-8)13-10(3-4-12(20)19-13)14-17-5-6-18-14/h1-7H,(H,17,18)(H,19,20). The minimum absolute atomic E-state index is 0.207. The SMILES string of the molecule is O=c1ccc(-c2ncc[nH]2)c(-c2ccc(Cl)cc2Cl)[nH]1. The van der Waals surface area contributed by atoms with Crippen LogP contribution in [0.25, 0.3) is 22.6 Å². The summed E-state index contributed by atoms with van der Waals surface area (Å²) in [6, 6.07) is 8.28. The lowest BCUT2D eigenvalue weighted by Gasteiger charge is -2.09. The van der Waals surface area contributed by atoms with Gasteiger partial charge in [0.1, 0.15) is 5.82 Å². The molecular weight excluding hydrogens is 297 g/mol. The van der Waals surface area contributed by atoms with Gasteiger partial charge in [-0.15, -0.1) is 0 Å². The summed E-state index contributed by atoms with van der Waals surface area (Å²) in [7, 11) is 0. The van der Waals surface area contributed by atoms with Gasteiger partial charge in [-0.3, -0.25) is 4.79 Å². The van der Waals surface area contributed by atoms with Crippen molar-refractivity contribution in [1.82, 2.24) is 15.0 Å². The molecule has 0 aliphatic heterocycles. The summed E-state index contributed by atoms with van der Waals surface area (Å²) in [5.74, 6) is 0.655. The van der Waals surface area contributed by atoms with Crippen LogP contribution >= 0.6 is 23.2 Å². The first kappa shape index (κ1) is 13.0. The van der Waals surface area contributed by atoms with E-state index in [1.807, 2.05) is 0 Å². The Morgan fingerprint density at radius 2 is 1.85 bits per heavy atom. The van der Waals surface area contributed by atoms with E-state index in [2.05, 4.69) is 15.0 Å². The number of nitrogens with zero attached hydrogens (tertiary/aromatic N) is 1. The van der Waals surface area contributed by atoms with Crippen LogP contribution in [0, 0.1) is 0 Å². The van der Waals surface area contributed by atoms with Crippen molar-refractivity contribution >= 4 is 23.2 Å². The van der Waals surface area contributed by atoms with E-state index in [4.69, 9.17) is 23.2 Å². The van der Waals surface area contributed by atoms with Crippen molar-refractivity contribution in [2.24, 2.45) is 0 Å². The third-order valence-electron chi connectivity index (χ3n) is 2.87. The van der Waals surface area contributed by atoms with Crippen molar-refractivity contribution in [3.8, 4) is 22.6 Å². The number of hydrogen-bond donors (Lipinski definition) is 2. The molecule has 2 aromatic heterocycles. The van der Waals surface area contributed by atoms with Gasteiger partial charge in [0.15, 0.2) is 0 Å². The summed E-state index contributed by atoms with van der Waals surface area (Å²) in [5.41, 5.74) is 1.86. The topological polar surface area (TPSA) is 61.5 Å². The molecule has 100 valence electrons. The highest BCUT2D eigenvalue weighted by Crippen LogP contribution is 2.33. The monoisotopic (exact) mass is 305 g/mol. The molecule has 0 unspecified atom stereocenters. The Bertz CT molecular complexity index is 810. The third kappa shape index (κ3) is 2.35. The Morgan fingerprint density at radius 1 is 1.05 bits per heavy atom. The van der Waals surface area contributed by atoms with E-state index < -0.39 is 0 Å². The third-order valence-corrected chi connectivity index (χ3v) is 3.42. The van der Waals surface area contributed by atoms with Crippen LogP contribution in [0.4, 0.5) is 0 Å². The highest BCUT2D eigenvalue weighted by Gasteiger charge is 2.13. The van der Waals surface area contributed by atoms with Crippen LogP contribution in [0.5, 0.6) is 0 Å². The minimum Gasteiger partial charge on any atom is -0.345 e. The number of imidazole rings is 1. The summed E-state index contributed by atoms with van der Waals surface area (Å²) in [4.78, 5) is 21.6. The van der Waals surface area contributed by atoms with E-state index in [1.54, 1.807) is 36.7 Å². The van der Waals surface area contributed by atoms with E-state index >= 15 is 0 Å². The molecule has 0 spiro atoms. The maximum Gasteiger partial charge on any atom is 0.248 e. The van der Waals surface area contributed by atoms with Crippen molar-refractivity contribution < 1.29 is 0 Å². The van der Waals surface area contributed by atoms with Crippen LogP contribution in [0.1, 0.15) is 0 Å². The normalized spacial score (nSPS) is 10.7. The van der Waals surface area contributed by atoms with Gasteiger partial charge < -0.3 is 9.97 Å². The van der Waals surface area contributed by atoms with Crippen molar-refractivity contribution in [1.29, 1.82) is 0 Å². The highest BCUT2D eigenvalue weighted by molar-refractivity contribution is 6.36. The molecule has 1 aromatic carbocycles. The predicted molar refractivity (Wildman–Crippen MR) is 80.1 cm³/mol. The second kappa shape index (κ2) is 5.15. The zero-order chi connectivity index (χ0) is 14.1. The molecule has 2 N–H and O–H groups in total. The number of nitrogens with one attached hydrogen (secondary N) is 2. The molecule has 0 aliphatic carbocycles. The molecular formula is C14H9Cl2N3O. The van der Waals surface area contributed by atoms with Crippen molar-refractivity contribution in [3.05, 3.63) is 63.1 Å². The summed E-state index contributed by atoms with van der Waals surface area (Å²) in [5, 5.41) is 1.00. The smallest absolute Gasteiger partial charge is 0.248 e. The van der Waals surface area contributed by atoms with Gasteiger partial charge in [-0.2, -0.15) is 0 Å². The number of hydrogen-bond acceptors (Lipinski definition) is 2. The van der Waals surface area contributed by atoms with Crippen molar-refractivity contribution in [2.45, 2.75) is 0 Å². The van der Waals surface area contributed by atoms with Crippen molar-refractivity contribution in [2.75, 3.05) is 0 Å². The molecule has 0 amide bonds. The second-order valence-electron chi connectivity index (χ2n) is 4.17. The summed E-state index contributed by atoms with van der Waals surface area (Å²) >= 11 is 12.1. The molecule has 0 saturated carbocycles. The van der Waals surface area contributed by atoms with E-state index in [0.29, 0.717) is 27.1 Å². The lowest BCUT2D eigenvalue weighted by atomic mass is 10.1. The Hall–Kier alpha value is -2.04. The van der Waals surface area contributed by atoms with Gasteiger partial charge in [0.2, 0.25) is 5.56 Å². The molecule has 3 rings (SSSR count). The average molecular weight is 306 g/mol. The Labute approximate surface area is 124 Å². The van der Waals surface area contributed by atoms with Crippen LogP contribution in [-0.2, 0) is 0 Å². The van der Waals surface area contributed by atoms with Crippen LogP contribution in [0.15, 0.2) is 47.5 Å². The number of aromatic nitrogens is 3. The Kier molecular flexibility index (Phi) is 3.34. The number of rotatable bonds is 2. The molecule has 0 bridgehead atoms. The van der Waals surface area contributed by atoms with Gasteiger partial charge in [0, 0.05) is 34.6 Å². The first-order valence-corrected chi connectivity index (χ1v) is 6.59. The van der Waals surface area contributed by atoms with Crippen LogP contribution in [-0.4, -0.2) is 15.0 Å². The Morgan fingerprint density at radius 3 is 2.55 bits per heavy atom. The molecule has 0 aliphatic rings. The van der Waals surface area contributed by atoms with E-state index in [1.165, 1.54) is 6.07 Å². The lowest BCUT2D eigenvalue weighted by Crippen LogP contribution is -2.06. The average Bonchev–Trinajstić information content (AvgIpc) is 2.92. The zero-order valence-corrected chi connectivity index (χ0v) is 11.7. The molecule has 4 nitrogen and oxygen atoms in total. The fourth-order valence-electron chi connectivity index (χ4n) is 1.99. The number of pyridine rings is 1. The molecule has 0 atom stereocenters. The molecule has 0 saturated heterocycles. The fraction of sp³-hybridized carbons (Fsp3) is 0. The van der Waals surface area contributed by atoms with E-state index in [0.717, 1.165) is 5.56 Å². The number of benzene rings is 1. The number of H-pyrrole nitrogens is 2. The van der Waals surface area contributed by atoms with Gasteiger partial charge >= 0.3 is 0 Å². The van der Waals surface area contributed by atoms with Gasteiger partial charge in [-0.1, -0.05) is 23.2 Å². The highest BCUT2D eigenvalue weighted by atomic mass is 35.5. The van der Waals surface area contributed by atoms with E-state index in [-0.39, 0.29) is 5.56 Å². The van der Waals surface area contributed by atoms with Gasteiger partial charge in [0.05, 0.1) is 10.7 Å². The molecule has 2 heterocycles. The second-order valence-corrected chi connectivity index (χ2v) is 5.02. The predicted octanol–water partition coefficient (Wildman–Crippen LogP) is 3.74. The fourth-order valence-corrected chi connectivity index (χ4v) is 2.49. The largest absolute Gasteiger partial charge is 0.345 e.